The molecule has 0 saturated carbocycles. The fourth-order valence-corrected chi connectivity index (χ4v) is 3.43. The molecule has 29 heavy (non-hydrogen) atoms. The lowest BCUT2D eigenvalue weighted by Gasteiger charge is -2.36. The summed E-state index contributed by atoms with van der Waals surface area (Å²) >= 11 is 0. The Kier molecular flexibility index (Phi) is 7.18. The number of hydrogen-bond acceptors (Lipinski definition) is 8. The third-order valence-corrected chi connectivity index (χ3v) is 4.94. The van der Waals surface area contributed by atoms with Gasteiger partial charge < -0.3 is 29.7 Å². The first-order valence-corrected chi connectivity index (χ1v) is 9.64. The molecule has 3 heterocycles. The summed E-state index contributed by atoms with van der Waals surface area (Å²) in [6.07, 6.45) is 3.57. The first kappa shape index (κ1) is 21.2. The van der Waals surface area contributed by atoms with Gasteiger partial charge in [-0.3, -0.25) is 4.68 Å². The molecule has 0 bridgehead atoms. The molecule has 3 rings (SSSR count). The van der Waals surface area contributed by atoms with Crippen LogP contribution in [0.1, 0.15) is 36.4 Å². The van der Waals surface area contributed by atoms with Crippen LogP contribution < -0.4 is 10.6 Å². The van der Waals surface area contributed by atoms with Gasteiger partial charge in [-0.25, -0.2) is 4.79 Å². The van der Waals surface area contributed by atoms with E-state index in [1.54, 1.807) is 25.6 Å². The van der Waals surface area contributed by atoms with Gasteiger partial charge in [0.25, 0.3) is 0 Å². The summed E-state index contributed by atoms with van der Waals surface area (Å²) in [4.78, 5) is 12.3. The molecule has 2 aromatic heterocycles. The molecular formula is C18H28N6O5. The number of carbonyl (C=O) groups excluding carboxylic acids is 1. The first-order chi connectivity index (χ1) is 14.0. The zero-order valence-electron chi connectivity index (χ0n) is 16.9. The monoisotopic (exact) mass is 408 g/mol. The number of aromatic nitrogens is 4. The molecular weight excluding hydrogens is 380 g/mol. The maximum Gasteiger partial charge on any atom is 0.319 e. The second-order valence-corrected chi connectivity index (χ2v) is 7.16. The molecule has 0 spiro atoms. The summed E-state index contributed by atoms with van der Waals surface area (Å²) < 4.78 is 17.8. The summed E-state index contributed by atoms with van der Waals surface area (Å²) in [7, 11) is 1.61. The van der Waals surface area contributed by atoms with E-state index in [1.165, 1.54) is 0 Å². The quantitative estimate of drug-likeness (QED) is 0.592. The molecule has 0 aliphatic carbocycles. The molecule has 2 amide bonds. The Hall–Kier alpha value is -2.50. The number of nitrogens with one attached hydrogen (secondary N) is 2. The SMILES string of the molecule is COCc1cn(CC[C@H]2CC[C@H](NC(=O)Nc3c(C)noc3C)[C@@H](CO)O2)nn1. The summed E-state index contributed by atoms with van der Waals surface area (Å²) in [5.41, 5.74) is 1.94. The van der Waals surface area contributed by atoms with E-state index in [-0.39, 0.29) is 24.8 Å². The van der Waals surface area contributed by atoms with Crippen LogP contribution in [0.4, 0.5) is 10.5 Å². The van der Waals surface area contributed by atoms with Gasteiger partial charge in [0.1, 0.15) is 23.2 Å². The van der Waals surface area contributed by atoms with Crippen LogP contribution in [0.5, 0.6) is 0 Å². The maximum atomic E-state index is 12.3. The highest BCUT2D eigenvalue weighted by Crippen LogP contribution is 2.23. The Labute approximate surface area is 168 Å². The number of anilines is 1. The number of methoxy groups -OCH3 is 1. The lowest BCUT2D eigenvalue weighted by Crippen LogP contribution is -2.52. The first-order valence-electron chi connectivity index (χ1n) is 9.64. The van der Waals surface area contributed by atoms with E-state index in [0.29, 0.717) is 36.7 Å². The van der Waals surface area contributed by atoms with Crippen LogP contribution in [-0.2, 0) is 22.6 Å². The lowest BCUT2D eigenvalue weighted by atomic mass is 9.97. The van der Waals surface area contributed by atoms with Crippen molar-refractivity contribution in [2.45, 2.75) is 64.5 Å². The van der Waals surface area contributed by atoms with Gasteiger partial charge in [0.05, 0.1) is 31.6 Å². The zero-order chi connectivity index (χ0) is 20.8. The summed E-state index contributed by atoms with van der Waals surface area (Å²) in [6, 6.07) is -0.658. The highest BCUT2D eigenvalue weighted by atomic mass is 16.5. The van der Waals surface area contributed by atoms with Crippen LogP contribution in [0, 0.1) is 13.8 Å². The minimum Gasteiger partial charge on any atom is -0.394 e. The van der Waals surface area contributed by atoms with E-state index in [4.69, 9.17) is 14.0 Å². The normalized spacial score (nSPS) is 21.9. The van der Waals surface area contributed by atoms with Crippen molar-refractivity contribution in [3.63, 3.8) is 0 Å². The van der Waals surface area contributed by atoms with E-state index in [1.807, 2.05) is 6.20 Å². The smallest absolute Gasteiger partial charge is 0.319 e. The van der Waals surface area contributed by atoms with E-state index in [9.17, 15) is 9.90 Å². The topological polar surface area (TPSA) is 137 Å². The zero-order valence-corrected chi connectivity index (χ0v) is 16.9. The van der Waals surface area contributed by atoms with Gasteiger partial charge >= 0.3 is 6.03 Å². The molecule has 1 saturated heterocycles. The number of nitrogens with zero attached hydrogens (tertiary/aromatic N) is 4. The Bertz CT molecular complexity index is 787. The van der Waals surface area contributed by atoms with E-state index < -0.39 is 6.10 Å². The van der Waals surface area contributed by atoms with Crippen LogP contribution >= 0.6 is 0 Å². The van der Waals surface area contributed by atoms with Gasteiger partial charge in [-0.2, -0.15) is 0 Å². The Balaban J connectivity index is 1.47. The highest BCUT2D eigenvalue weighted by molar-refractivity contribution is 5.90. The van der Waals surface area contributed by atoms with Crippen LogP contribution in [-0.4, -0.2) is 63.3 Å². The van der Waals surface area contributed by atoms with Gasteiger partial charge in [-0.15, -0.1) is 5.10 Å². The number of rotatable bonds is 8. The predicted octanol–water partition coefficient (Wildman–Crippen LogP) is 1.15. The summed E-state index contributed by atoms with van der Waals surface area (Å²) in [5, 5.41) is 27.3. The third kappa shape index (κ3) is 5.52. The molecule has 0 aromatic carbocycles. The molecule has 3 atom stereocenters. The number of carbonyl (C=O) groups is 1. The van der Waals surface area contributed by atoms with Crippen molar-refractivity contribution < 1.29 is 23.9 Å². The second kappa shape index (κ2) is 9.81. The highest BCUT2D eigenvalue weighted by Gasteiger charge is 2.32. The predicted molar refractivity (Wildman–Crippen MR) is 102 cm³/mol. The molecule has 0 unspecified atom stereocenters. The molecule has 11 nitrogen and oxygen atoms in total. The van der Waals surface area contributed by atoms with Crippen LogP contribution in [0.3, 0.4) is 0 Å². The van der Waals surface area contributed by atoms with Crippen molar-refractivity contribution >= 4 is 11.7 Å². The average molecular weight is 408 g/mol. The number of aliphatic hydroxyl groups is 1. The number of ether oxygens (including phenoxy) is 2. The van der Waals surface area contributed by atoms with Crippen molar-refractivity contribution in [1.82, 2.24) is 25.5 Å². The van der Waals surface area contributed by atoms with Crippen molar-refractivity contribution in [2.24, 2.45) is 0 Å². The number of aliphatic hydroxyl groups excluding tert-OH is 1. The molecule has 2 aromatic rings. The van der Waals surface area contributed by atoms with E-state index >= 15 is 0 Å². The van der Waals surface area contributed by atoms with E-state index in [2.05, 4.69) is 26.1 Å². The van der Waals surface area contributed by atoms with Gasteiger partial charge in [0, 0.05) is 13.7 Å². The number of hydrogen-bond donors (Lipinski definition) is 3. The van der Waals surface area contributed by atoms with Gasteiger partial charge in [0.2, 0.25) is 0 Å². The Morgan fingerprint density at radius 2 is 2.24 bits per heavy atom. The second-order valence-electron chi connectivity index (χ2n) is 7.16. The van der Waals surface area contributed by atoms with Gasteiger partial charge in [0.15, 0.2) is 5.76 Å². The maximum absolute atomic E-state index is 12.3. The van der Waals surface area contributed by atoms with Crippen molar-refractivity contribution in [2.75, 3.05) is 19.0 Å². The average Bonchev–Trinajstić information content (AvgIpc) is 3.29. The molecule has 1 aliphatic rings. The van der Waals surface area contributed by atoms with Crippen molar-refractivity contribution in [3.8, 4) is 0 Å². The number of amides is 2. The summed E-state index contributed by atoms with van der Waals surface area (Å²) in [6.45, 7) is 4.40. The fourth-order valence-electron chi connectivity index (χ4n) is 3.43. The molecule has 3 N–H and O–H groups in total. The van der Waals surface area contributed by atoms with Crippen LogP contribution in [0.15, 0.2) is 10.7 Å². The Morgan fingerprint density at radius 1 is 1.41 bits per heavy atom. The standard InChI is InChI=1S/C18H28N6O5/c1-11-17(12(2)29-22-11)20-18(26)19-15-5-4-14(28-16(15)9-25)6-7-24-8-13(10-27-3)21-23-24/h8,14-16,25H,4-7,9-10H2,1-3H3,(H2,19,20,26)/t14-,15+,16-/m1/s1. The summed E-state index contributed by atoms with van der Waals surface area (Å²) in [5.74, 6) is 0.540. The molecule has 0 radical (unpaired) electrons. The third-order valence-electron chi connectivity index (χ3n) is 4.94. The fraction of sp³-hybridized carbons (Fsp3) is 0.667. The van der Waals surface area contributed by atoms with Gasteiger partial charge in [-0.1, -0.05) is 10.4 Å². The minimum absolute atomic E-state index is 0.0223. The molecule has 1 aliphatic heterocycles. The Morgan fingerprint density at radius 3 is 2.93 bits per heavy atom. The van der Waals surface area contributed by atoms with Crippen molar-refractivity contribution in [1.29, 1.82) is 0 Å². The van der Waals surface area contributed by atoms with Crippen LogP contribution in [0.2, 0.25) is 0 Å². The minimum atomic E-state index is -0.469. The van der Waals surface area contributed by atoms with E-state index in [0.717, 1.165) is 18.5 Å². The molecule has 160 valence electrons. The largest absolute Gasteiger partial charge is 0.394 e. The molecule has 11 heteroatoms. The number of aryl methyl sites for hydroxylation is 3. The molecule has 1 fully saturated rings. The van der Waals surface area contributed by atoms with Gasteiger partial charge in [-0.05, 0) is 33.1 Å². The van der Waals surface area contributed by atoms with Crippen molar-refractivity contribution in [3.05, 3.63) is 23.3 Å². The lowest BCUT2D eigenvalue weighted by molar-refractivity contribution is -0.0905. The van der Waals surface area contributed by atoms with Crippen LogP contribution in [0.25, 0.3) is 0 Å². The number of urea groups is 1.